The first-order chi connectivity index (χ1) is 8.44. The molecular formula is C15H22N2O. The van der Waals surface area contributed by atoms with E-state index in [9.17, 15) is 4.79 Å². The second kappa shape index (κ2) is 4.63. The van der Waals surface area contributed by atoms with Crippen LogP contribution in [0.2, 0.25) is 0 Å². The van der Waals surface area contributed by atoms with E-state index in [0.717, 1.165) is 12.1 Å². The Morgan fingerprint density at radius 3 is 2.67 bits per heavy atom. The van der Waals surface area contributed by atoms with Gasteiger partial charge in [-0.1, -0.05) is 25.5 Å². The Hall–Kier alpha value is -1.51. The number of amides is 1. The monoisotopic (exact) mass is 246 g/mol. The molecule has 18 heavy (non-hydrogen) atoms. The Kier molecular flexibility index (Phi) is 3.33. The van der Waals surface area contributed by atoms with Crippen molar-refractivity contribution in [3.8, 4) is 0 Å². The van der Waals surface area contributed by atoms with Crippen molar-refractivity contribution in [3.63, 3.8) is 0 Å². The number of anilines is 1. The van der Waals surface area contributed by atoms with Crippen LogP contribution in [0.3, 0.4) is 0 Å². The van der Waals surface area contributed by atoms with Gasteiger partial charge in [0.2, 0.25) is 0 Å². The lowest BCUT2D eigenvalue weighted by Gasteiger charge is -2.20. The molecule has 0 saturated heterocycles. The minimum Gasteiger partial charge on any atom is -0.398 e. The van der Waals surface area contributed by atoms with Crippen LogP contribution in [0, 0.1) is 18.3 Å². The second-order valence-corrected chi connectivity index (χ2v) is 5.79. The lowest BCUT2D eigenvalue weighted by molar-refractivity contribution is 0.0940. The molecule has 0 heterocycles. The van der Waals surface area contributed by atoms with Gasteiger partial charge in [0.05, 0.1) is 5.56 Å². The van der Waals surface area contributed by atoms with Gasteiger partial charge in [0.25, 0.3) is 5.91 Å². The molecule has 0 aliphatic heterocycles. The molecule has 0 atom stereocenters. The minimum atomic E-state index is -0.0527. The molecule has 2 rings (SSSR count). The van der Waals surface area contributed by atoms with Crippen LogP contribution in [0.5, 0.6) is 0 Å². The summed E-state index contributed by atoms with van der Waals surface area (Å²) >= 11 is 0. The Morgan fingerprint density at radius 2 is 2.11 bits per heavy atom. The van der Waals surface area contributed by atoms with Crippen LogP contribution in [0.1, 0.15) is 42.6 Å². The van der Waals surface area contributed by atoms with Crippen LogP contribution in [0.15, 0.2) is 18.2 Å². The molecule has 98 valence electrons. The summed E-state index contributed by atoms with van der Waals surface area (Å²) in [6.07, 6.45) is 2.43. The molecule has 0 bridgehead atoms. The molecule has 1 aliphatic carbocycles. The summed E-state index contributed by atoms with van der Waals surface area (Å²) < 4.78 is 0. The minimum absolute atomic E-state index is 0.0527. The van der Waals surface area contributed by atoms with Crippen molar-refractivity contribution in [1.82, 2.24) is 5.32 Å². The highest BCUT2D eigenvalue weighted by Crippen LogP contribution is 2.51. The Labute approximate surface area is 109 Å². The molecule has 3 heteroatoms. The average Bonchev–Trinajstić information content (AvgIpc) is 3.10. The number of hydrogen-bond donors (Lipinski definition) is 2. The molecule has 0 aromatic heterocycles. The lowest BCUT2D eigenvalue weighted by atomic mass is 9.92. The van der Waals surface area contributed by atoms with Gasteiger partial charge in [-0.05, 0) is 43.2 Å². The first kappa shape index (κ1) is 12.9. The molecule has 1 saturated carbocycles. The average molecular weight is 246 g/mol. The number of rotatable bonds is 4. The maximum absolute atomic E-state index is 12.1. The van der Waals surface area contributed by atoms with E-state index in [2.05, 4.69) is 19.2 Å². The molecule has 1 fully saturated rings. The SMILES string of the molecule is Cc1ccc(N)c(C(=O)NCC2(C(C)C)CC2)c1. The van der Waals surface area contributed by atoms with Crippen LogP contribution < -0.4 is 11.1 Å². The number of aryl methyl sites for hydroxylation is 1. The van der Waals surface area contributed by atoms with Gasteiger partial charge in [0.15, 0.2) is 0 Å². The molecule has 0 spiro atoms. The van der Waals surface area contributed by atoms with Crippen molar-refractivity contribution in [1.29, 1.82) is 0 Å². The summed E-state index contributed by atoms with van der Waals surface area (Å²) in [4.78, 5) is 12.1. The van der Waals surface area contributed by atoms with E-state index in [-0.39, 0.29) is 5.91 Å². The van der Waals surface area contributed by atoms with Gasteiger partial charge in [-0.2, -0.15) is 0 Å². The number of nitrogens with one attached hydrogen (secondary N) is 1. The highest BCUT2D eigenvalue weighted by atomic mass is 16.1. The highest BCUT2D eigenvalue weighted by Gasteiger charge is 2.45. The van der Waals surface area contributed by atoms with Gasteiger partial charge in [0.1, 0.15) is 0 Å². The predicted molar refractivity (Wildman–Crippen MR) is 74.4 cm³/mol. The zero-order chi connectivity index (χ0) is 13.3. The predicted octanol–water partition coefficient (Wildman–Crippen LogP) is 2.74. The molecule has 1 amide bonds. The highest BCUT2D eigenvalue weighted by molar-refractivity contribution is 5.99. The maximum atomic E-state index is 12.1. The first-order valence-corrected chi connectivity index (χ1v) is 6.59. The van der Waals surface area contributed by atoms with Gasteiger partial charge in [-0.3, -0.25) is 4.79 Å². The van der Waals surface area contributed by atoms with E-state index in [1.807, 2.05) is 19.1 Å². The van der Waals surface area contributed by atoms with Gasteiger partial charge < -0.3 is 11.1 Å². The van der Waals surface area contributed by atoms with Gasteiger partial charge in [0, 0.05) is 12.2 Å². The molecule has 0 unspecified atom stereocenters. The summed E-state index contributed by atoms with van der Waals surface area (Å²) in [5.41, 5.74) is 8.37. The zero-order valence-electron chi connectivity index (χ0n) is 11.4. The fraction of sp³-hybridized carbons (Fsp3) is 0.533. The standard InChI is InChI=1S/C15H22N2O/c1-10(2)15(6-7-15)9-17-14(18)12-8-11(3)4-5-13(12)16/h4-5,8,10H,6-7,9,16H2,1-3H3,(H,17,18). The molecule has 3 nitrogen and oxygen atoms in total. The Balaban J connectivity index is 2.02. The molecular weight excluding hydrogens is 224 g/mol. The molecule has 0 radical (unpaired) electrons. The topological polar surface area (TPSA) is 55.1 Å². The van der Waals surface area contributed by atoms with Gasteiger partial charge >= 0.3 is 0 Å². The molecule has 3 N–H and O–H groups in total. The summed E-state index contributed by atoms with van der Waals surface area (Å²) in [6, 6.07) is 5.56. The van der Waals surface area contributed by atoms with Gasteiger partial charge in [-0.15, -0.1) is 0 Å². The third-order valence-corrected chi connectivity index (χ3v) is 4.17. The number of carbonyl (C=O) groups is 1. The van der Waals surface area contributed by atoms with E-state index in [1.165, 1.54) is 12.8 Å². The van der Waals surface area contributed by atoms with Crippen molar-refractivity contribution < 1.29 is 4.79 Å². The van der Waals surface area contributed by atoms with Crippen molar-refractivity contribution >= 4 is 11.6 Å². The number of nitrogen functional groups attached to an aromatic ring is 1. The van der Waals surface area contributed by atoms with Crippen LogP contribution in [-0.4, -0.2) is 12.5 Å². The summed E-state index contributed by atoms with van der Waals surface area (Å²) in [7, 11) is 0. The quantitative estimate of drug-likeness (QED) is 0.803. The maximum Gasteiger partial charge on any atom is 0.253 e. The second-order valence-electron chi connectivity index (χ2n) is 5.79. The van der Waals surface area contributed by atoms with Crippen LogP contribution in [0.25, 0.3) is 0 Å². The first-order valence-electron chi connectivity index (χ1n) is 6.59. The van der Waals surface area contributed by atoms with Crippen LogP contribution in [-0.2, 0) is 0 Å². The Bertz CT molecular complexity index is 462. The molecule has 1 aromatic carbocycles. The van der Waals surface area contributed by atoms with Crippen molar-refractivity contribution in [2.75, 3.05) is 12.3 Å². The van der Waals surface area contributed by atoms with E-state index < -0.39 is 0 Å². The van der Waals surface area contributed by atoms with Crippen LogP contribution in [0.4, 0.5) is 5.69 Å². The van der Waals surface area contributed by atoms with E-state index in [4.69, 9.17) is 5.73 Å². The van der Waals surface area contributed by atoms with Crippen molar-refractivity contribution in [3.05, 3.63) is 29.3 Å². The number of carbonyl (C=O) groups excluding carboxylic acids is 1. The number of benzene rings is 1. The summed E-state index contributed by atoms with van der Waals surface area (Å²) in [5.74, 6) is 0.566. The third-order valence-electron chi connectivity index (χ3n) is 4.17. The van der Waals surface area contributed by atoms with E-state index in [0.29, 0.717) is 22.6 Å². The van der Waals surface area contributed by atoms with Crippen molar-refractivity contribution in [2.24, 2.45) is 11.3 Å². The normalized spacial score (nSPS) is 16.7. The van der Waals surface area contributed by atoms with E-state index >= 15 is 0 Å². The van der Waals surface area contributed by atoms with Gasteiger partial charge in [-0.25, -0.2) is 0 Å². The smallest absolute Gasteiger partial charge is 0.253 e. The molecule has 1 aromatic rings. The Morgan fingerprint density at radius 1 is 1.44 bits per heavy atom. The summed E-state index contributed by atoms with van der Waals surface area (Å²) in [6.45, 7) is 7.17. The number of hydrogen-bond acceptors (Lipinski definition) is 2. The molecule has 1 aliphatic rings. The van der Waals surface area contributed by atoms with Crippen LogP contribution >= 0.6 is 0 Å². The fourth-order valence-corrected chi connectivity index (χ4v) is 2.34. The number of nitrogens with two attached hydrogens (primary N) is 1. The fourth-order valence-electron chi connectivity index (χ4n) is 2.34. The van der Waals surface area contributed by atoms with E-state index in [1.54, 1.807) is 6.07 Å². The lowest BCUT2D eigenvalue weighted by Crippen LogP contribution is -2.33. The summed E-state index contributed by atoms with van der Waals surface area (Å²) in [5, 5.41) is 3.03. The zero-order valence-corrected chi connectivity index (χ0v) is 11.4. The van der Waals surface area contributed by atoms with Crippen molar-refractivity contribution in [2.45, 2.75) is 33.6 Å². The largest absolute Gasteiger partial charge is 0.398 e. The third kappa shape index (κ3) is 2.50.